The number of benzene rings is 4. The van der Waals surface area contributed by atoms with Gasteiger partial charge in [-0.15, -0.1) is 0 Å². The summed E-state index contributed by atoms with van der Waals surface area (Å²) in [6.45, 7) is 4.44. The van der Waals surface area contributed by atoms with Crippen LogP contribution in [0.4, 0.5) is 5.69 Å². The van der Waals surface area contributed by atoms with Gasteiger partial charge in [0.1, 0.15) is 0 Å². The van der Waals surface area contributed by atoms with E-state index < -0.39 is 0 Å². The van der Waals surface area contributed by atoms with Crippen molar-refractivity contribution >= 4 is 5.69 Å². The van der Waals surface area contributed by atoms with Gasteiger partial charge in [0.25, 0.3) is 0 Å². The Balaban J connectivity index is 1.34. The third-order valence-electron chi connectivity index (χ3n) is 6.78. The molecule has 5 rings (SSSR count). The van der Waals surface area contributed by atoms with Crippen LogP contribution >= 0.6 is 0 Å². The summed E-state index contributed by atoms with van der Waals surface area (Å²) in [4.78, 5) is 0. The fraction of sp³-hybridized carbons (Fsp3) is 0.152. The van der Waals surface area contributed by atoms with Crippen LogP contribution in [0.1, 0.15) is 36.0 Å². The molecule has 0 amide bonds. The van der Waals surface area contributed by atoms with Gasteiger partial charge >= 0.3 is 0 Å². The molecule has 0 heterocycles. The molecule has 1 nitrogen and oxygen atoms in total. The fourth-order valence-electron chi connectivity index (χ4n) is 4.93. The Morgan fingerprint density at radius 3 is 2.15 bits per heavy atom. The normalized spacial score (nSPS) is 15.1. The van der Waals surface area contributed by atoms with Gasteiger partial charge in [-0.2, -0.15) is 0 Å². The predicted octanol–water partition coefficient (Wildman–Crippen LogP) is 8.93. The van der Waals surface area contributed by atoms with Crippen molar-refractivity contribution in [2.24, 2.45) is 0 Å². The van der Waals surface area contributed by atoms with Gasteiger partial charge in [0.05, 0.1) is 0 Å². The van der Waals surface area contributed by atoms with Crippen LogP contribution in [0, 0.1) is 6.92 Å². The highest BCUT2D eigenvalue weighted by atomic mass is 14.9. The Kier molecular flexibility index (Phi) is 6.44. The minimum absolute atomic E-state index is 0.460. The van der Waals surface area contributed by atoms with Crippen molar-refractivity contribution in [3.05, 3.63) is 138 Å². The molecule has 168 valence electrons. The van der Waals surface area contributed by atoms with Gasteiger partial charge in [-0.1, -0.05) is 104 Å². The molecule has 1 N–H and O–H groups in total. The maximum absolute atomic E-state index is 3.58. The minimum Gasteiger partial charge on any atom is -0.356 e. The van der Waals surface area contributed by atoms with E-state index in [0.29, 0.717) is 5.92 Å². The van der Waals surface area contributed by atoms with Crippen LogP contribution in [0.15, 0.2) is 121 Å². The molecule has 0 saturated carbocycles. The largest absolute Gasteiger partial charge is 0.356 e. The Morgan fingerprint density at radius 2 is 1.44 bits per heavy atom. The molecule has 0 aromatic heterocycles. The standard InChI is InChI=1S/C33H31N/c1-3-30-32(14-9-15-33(30)31-13-8-7-10-24(31)2)27-18-22-29(23-19-27)34-28-20-16-26(17-21-28)25-11-5-4-6-12-25/h4-16,18-23,26,34H,3,17H2,1-2H3. The van der Waals surface area contributed by atoms with Crippen molar-refractivity contribution in [1.29, 1.82) is 0 Å². The summed E-state index contributed by atoms with van der Waals surface area (Å²) in [6.07, 6.45) is 8.82. The zero-order valence-electron chi connectivity index (χ0n) is 20.0. The highest BCUT2D eigenvalue weighted by Gasteiger charge is 2.13. The molecule has 1 aliphatic carbocycles. The van der Waals surface area contributed by atoms with Crippen LogP contribution < -0.4 is 5.32 Å². The number of anilines is 1. The first-order valence-corrected chi connectivity index (χ1v) is 12.2. The first kappa shape index (κ1) is 22.0. The van der Waals surface area contributed by atoms with E-state index >= 15 is 0 Å². The molecule has 0 saturated heterocycles. The first-order valence-electron chi connectivity index (χ1n) is 12.2. The molecule has 0 aliphatic heterocycles. The van der Waals surface area contributed by atoms with E-state index in [9.17, 15) is 0 Å². The molecular weight excluding hydrogens is 410 g/mol. The molecular formula is C33H31N. The molecule has 0 spiro atoms. The lowest BCUT2D eigenvalue weighted by molar-refractivity contribution is 0.846. The van der Waals surface area contributed by atoms with E-state index in [1.807, 2.05) is 0 Å². The van der Waals surface area contributed by atoms with E-state index in [1.54, 1.807) is 0 Å². The van der Waals surface area contributed by atoms with E-state index in [-0.39, 0.29) is 0 Å². The van der Waals surface area contributed by atoms with Gasteiger partial charge in [-0.3, -0.25) is 0 Å². The molecule has 0 bridgehead atoms. The number of aryl methyl sites for hydroxylation is 1. The molecule has 0 radical (unpaired) electrons. The van der Waals surface area contributed by atoms with Crippen molar-refractivity contribution in [2.75, 3.05) is 5.32 Å². The monoisotopic (exact) mass is 441 g/mol. The number of hydrogen-bond donors (Lipinski definition) is 1. The smallest absolute Gasteiger partial charge is 0.0384 e. The third kappa shape index (κ3) is 4.61. The Bertz CT molecular complexity index is 1330. The average molecular weight is 442 g/mol. The number of hydrogen-bond acceptors (Lipinski definition) is 1. The highest BCUT2D eigenvalue weighted by molar-refractivity contribution is 5.80. The van der Waals surface area contributed by atoms with Crippen LogP contribution in [0.3, 0.4) is 0 Å². The SMILES string of the molecule is CCc1c(-c2ccc(NC3=CCC(c4ccccc4)C=C3)cc2)cccc1-c1ccccc1C. The summed E-state index contributed by atoms with van der Waals surface area (Å²) in [6, 6.07) is 34.9. The predicted molar refractivity (Wildman–Crippen MR) is 146 cm³/mol. The maximum atomic E-state index is 3.58. The number of nitrogens with one attached hydrogen (secondary N) is 1. The zero-order chi connectivity index (χ0) is 23.3. The maximum Gasteiger partial charge on any atom is 0.0384 e. The van der Waals surface area contributed by atoms with Crippen molar-refractivity contribution < 1.29 is 0 Å². The Labute approximate surface area is 203 Å². The van der Waals surface area contributed by atoms with Gasteiger partial charge in [0.15, 0.2) is 0 Å². The van der Waals surface area contributed by atoms with E-state index in [4.69, 9.17) is 0 Å². The van der Waals surface area contributed by atoms with Crippen molar-refractivity contribution in [3.63, 3.8) is 0 Å². The molecule has 1 unspecified atom stereocenters. The minimum atomic E-state index is 0.460. The Morgan fingerprint density at radius 1 is 0.735 bits per heavy atom. The lowest BCUT2D eigenvalue weighted by Gasteiger charge is -2.18. The molecule has 4 aromatic rings. The first-order chi connectivity index (χ1) is 16.7. The van der Waals surface area contributed by atoms with Gasteiger partial charge in [-0.05, 0) is 76.9 Å². The van der Waals surface area contributed by atoms with Gasteiger partial charge in [-0.25, -0.2) is 0 Å². The molecule has 1 aliphatic rings. The molecule has 1 heteroatoms. The van der Waals surface area contributed by atoms with Crippen LogP contribution in [0.5, 0.6) is 0 Å². The number of rotatable bonds is 6. The molecule has 1 atom stereocenters. The molecule has 4 aromatic carbocycles. The summed E-state index contributed by atoms with van der Waals surface area (Å²) < 4.78 is 0. The highest BCUT2D eigenvalue weighted by Crippen LogP contribution is 2.35. The summed E-state index contributed by atoms with van der Waals surface area (Å²) >= 11 is 0. The lowest BCUT2D eigenvalue weighted by Crippen LogP contribution is -2.04. The van der Waals surface area contributed by atoms with Gasteiger partial charge in [0, 0.05) is 17.3 Å². The summed E-state index contributed by atoms with van der Waals surface area (Å²) in [5.41, 5.74) is 11.6. The zero-order valence-corrected chi connectivity index (χ0v) is 20.0. The Hall–Kier alpha value is -3.84. The average Bonchev–Trinajstić information content (AvgIpc) is 2.90. The lowest BCUT2D eigenvalue weighted by atomic mass is 9.89. The van der Waals surface area contributed by atoms with Crippen molar-refractivity contribution in [2.45, 2.75) is 32.6 Å². The second-order valence-corrected chi connectivity index (χ2v) is 8.97. The van der Waals surface area contributed by atoms with Gasteiger partial charge < -0.3 is 5.32 Å². The topological polar surface area (TPSA) is 12.0 Å². The van der Waals surface area contributed by atoms with Crippen LogP contribution in [0.2, 0.25) is 0 Å². The second-order valence-electron chi connectivity index (χ2n) is 8.97. The second kappa shape index (κ2) is 9.97. The molecule has 34 heavy (non-hydrogen) atoms. The van der Waals surface area contributed by atoms with Crippen molar-refractivity contribution in [3.8, 4) is 22.3 Å². The summed E-state index contributed by atoms with van der Waals surface area (Å²) in [7, 11) is 0. The van der Waals surface area contributed by atoms with E-state index in [2.05, 4.69) is 134 Å². The molecule has 0 fully saturated rings. The van der Waals surface area contributed by atoms with E-state index in [0.717, 1.165) is 24.2 Å². The van der Waals surface area contributed by atoms with E-state index in [1.165, 1.54) is 38.9 Å². The van der Waals surface area contributed by atoms with Crippen LogP contribution in [-0.4, -0.2) is 0 Å². The van der Waals surface area contributed by atoms with Crippen molar-refractivity contribution in [1.82, 2.24) is 0 Å². The fourth-order valence-corrected chi connectivity index (χ4v) is 4.93. The third-order valence-corrected chi connectivity index (χ3v) is 6.78. The van der Waals surface area contributed by atoms with Gasteiger partial charge in [0.2, 0.25) is 0 Å². The van der Waals surface area contributed by atoms with Crippen LogP contribution in [-0.2, 0) is 6.42 Å². The summed E-state index contributed by atoms with van der Waals surface area (Å²) in [5, 5.41) is 3.58. The summed E-state index contributed by atoms with van der Waals surface area (Å²) in [5.74, 6) is 0.460. The quantitative estimate of drug-likeness (QED) is 0.315. The number of allylic oxidation sites excluding steroid dienone is 3. The van der Waals surface area contributed by atoms with Crippen LogP contribution in [0.25, 0.3) is 22.3 Å².